The summed E-state index contributed by atoms with van der Waals surface area (Å²) in [6, 6.07) is 6.85. The van der Waals surface area contributed by atoms with Gasteiger partial charge in [-0.2, -0.15) is 0 Å². The second-order valence-corrected chi connectivity index (χ2v) is 4.95. The molecule has 0 unspecified atom stereocenters. The van der Waals surface area contributed by atoms with Gasteiger partial charge >= 0.3 is 11.9 Å². The van der Waals surface area contributed by atoms with Crippen molar-refractivity contribution < 1.29 is 27.9 Å². The first-order valence-corrected chi connectivity index (χ1v) is 6.95. The minimum Gasteiger partial charge on any atom is -0.465 e. The van der Waals surface area contributed by atoms with Crippen LogP contribution in [0, 0.1) is 12.7 Å². The van der Waals surface area contributed by atoms with Gasteiger partial charge in [0.05, 0.1) is 7.11 Å². The number of furan rings is 1. The molecule has 1 aromatic heterocycles. The molecule has 0 saturated heterocycles. The van der Waals surface area contributed by atoms with Gasteiger partial charge in [0.2, 0.25) is 5.90 Å². The van der Waals surface area contributed by atoms with E-state index in [2.05, 4.69) is 9.73 Å². The Morgan fingerprint density at radius 2 is 2.00 bits per heavy atom. The number of halogens is 1. The van der Waals surface area contributed by atoms with Gasteiger partial charge in [-0.3, -0.25) is 0 Å². The molecule has 1 aliphatic rings. The number of benzene rings is 1. The van der Waals surface area contributed by atoms with Crippen molar-refractivity contribution in [3.05, 3.63) is 64.5 Å². The quantitative estimate of drug-likeness (QED) is 0.639. The lowest BCUT2D eigenvalue weighted by atomic mass is 10.2. The Hall–Kier alpha value is -3.22. The molecule has 0 atom stereocenters. The van der Waals surface area contributed by atoms with Crippen LogP contribution in [0.15, 0.2) is 45.4 Å². The molecule has 1 aliphatic heterocycles. The molecule has 122 valence electrons. The topological polar surface area (TPSA) is 78.1 Å². The van der Waals surface area contributed by atoms with Crippen LogP contribution in [0.2, 0.25) is 0 Å². The van der Waals surface area contributed by atoms with E-state index in [1.54, 1.807) is 6.92 Å². The maximum atomic E-state index is 12.9. The highest BCUT2D eigenvalue weighted by Gasteiger charge is 2.25. The minimum absolute atomic E-state index is 0.0134. The molecule has 0 bridgehead atoms. The number of hydrogen-bond donors (Lipinski definition) is 0. The molecule has 2 aromatic rings. The number of ether oxygens (including phenoxy) is 2. The van der Waals surface area contributed by atoms with Crippen LogP contribution in [0.4, 0.5) is 4.39 Å². The van der Waals surface area contributed by atoms with E-state index in [1.165, 1.54) is 43.5 Å². The molecule has 2 heterocycles. The SMILES string of the molecule is COC(=O)c1cc(C=C2N=C(c3ccc(F)cc3)OC2=O)oc1C. The van der Waals surface area contributed by atoms with Gasteiger partial charge in [-0.05, 0) is 37.3 Å². The van der Waals surface area contributed by atoms with Crippen LogP contribution in [0.25, 0.3) is 6.08 Å². The normalized spacial score (nSPS) is 15.4. The summed E-state index contributed by atoms with van der Waals surface area (Å²) in [4.78, 5) is 27.5. The molecule has 0 spiro atoms. The van der Waals surface area contributed by atoms with Crippen LogP contribution < -0.4 is 0 Å². The molecule has 7 heteroatoms. The van der Waals surface area contributed by atoms with E-state index < -0.39 is 17.8 Å². The van der Waals surface area contributed by atoms with Crippen LogP contribution in [0.1, 0.15) is 27.4 Å². The van der Waals surface area contributed by atoms with Crippen molar-refractivity contribution >= 4 is 23.9 Å². The number of carbonyl (C=O) groups is 2. The second-order valence-electron chi connectivity index (χ2n) is 4.95. The lowest BCUT2D eigenvalue weighted by molar-refractivity contribution is -0.129. The third-order valence-corrected chi connectivity index (χ3v) is 3.33. The van der Waals surface area contributed by atoms with Crippen LogP contribution in [-0.4, -0.2) is 24.9 Å². The molecule has 0 amide bonds. The predicted octanol–water partition coefficient (Wildman–Crippen LogP) is 2.86. The molecule has 0 saturated carbocycles. The van der Waals surface area contributed by atoms with E-state index in [4.69, 9.17) is 9.15 Å². The molecule has 0 aliphatic carbocycles. The first-order valence-electron chi connectivity index (χ1n) is 6.95. The highest BCUT2D eigenvalue weighted by molar-refractivity contribution is 6.12. The summed E-state index contributed by atoms with van der Waals surface area (Å²) in [6.07, 6.45) is 1.36. The fraction of sp³-hybridized carbons (Fsp3) is 0.118. The highest BCUT2D eigenvalue weighted by atomic mass is 19.1. The third-order valence-electron chi connectivity index (χ3n) is 3.33. The Kier molecular flexibility index (Phi) is 3.99. The van der Waals surface area contributed by atoms with Crippen molar-refractivity contribution in [2.75, 3.05) is 7.11 Å². The number of hydrogen-bond acceptors (Lipinski definition) is 6. The number of aliphatic imine (C=N–C) groups is 1. The zero-order chi connectivity index (χ0) is 17.3. The summed E-state index contributed by atoms with van der Waals surface area (Å²) < 4.78 is 28.0. The van der Waals surface area contributed by atoms with Gasteiger partial charge in [0.25, 0.3) is 0 Å². The van der Waals surface area contributed by atoms with E-state index in [-0.39, 0.29) is 22.9 Å². The van der Waals surface area contributed by atoms with Crippen LogP contribution in [0.5, 0.6) is 0 Å². The average molecular weight is 329 g/mol. The Balaban J connectivity index is 1.91. The van der Waals surface area contributed by atoms with Crippen molar-refractivity contribution in [2.45, 2.75) is 6.92 Å². The zero-order valence-electron chi connectivity index (χ0n) is 12.8. The summed E-state index contributed by atoms with van der Waals surface area (Å²) in [7, 11) is 1.26. The fourth-order valence-electron chi connectivity index (χ4n) is 2.15. The highest BCUT2D eigenvalue weighted by Crippen LogP contribution is 2.22. The largest absolute Gasteiger partial charge is 0.465 e. The van der Waals surface area contributed by atoms with Crippen molar-refractivity contribution in [3.8, 4) is 0 Å². The van der Waals surface area contributed by atoms with Crippen molar-refractivity contribution in [1.29, 1.82) is 0 Å². The van der Waals surface area contributed by atoms with Crippen molar-refractivity contribution in [2.24, 2.45) is 4.99 Å². The number of nitrogens with zero attached hydrogens (tertiary/aromatic N) is 1. The van der Waals surface area contributed by atoms with E-state index >= 15 is 0 Å². The Labute approximate surface area is 136 Å². The predicted molar refractivity (Wildman–Crippen MR) is 81.8 cm³/mol. The van der Waals surface area contributed by atoms with Crippen LogP contribution in [0.3, 0.4) is 0 Å². The van der Waals surface area contributed by atoms with Gasteiger partial charge in [0.15, 0.2) is 5.70 Å². The monoisotopic (exact) mass is 329 g/mol. The fourth-order valence-corrected chi connectivity index (χ4v) is 2.15. The van der Waals surface area contributed by atoms with Gasteiger partial charge in [-0.25, -0.2) is 19.0 Å². The third kappa shape index (κ3) is 2.96. The number of rotatable bonds is 3. The summed E-state index contributed by atoms with van der Waals surface area (Å²) in [5, 5.41) is 0. The van der Waals surface area contributed by atoms with Gasteiger partial charge in [0.1, 0.15) is 22.9 Å². The van der Waals surface area contributed by atoms with E-state index in [1.807, 2.05) is 0 Å². The lowest BCUT2D eigenvalue weighted by Crippen LogP contribution is -2.05. The molecule has 0 fully saturated rings. The van der Waals surface area contributed by atoms with Crippen LogP contribution in [-0.2, 0) is 14.3 Å². The average Bonchev–Trinajstić information content (AvgIpc) is 3.11. The number of carbonyl (C=O) groups excluding carboxylic acids is 2. The van der Waals surface area contributed by atoms with Crippen molar-refractivity contribution in [1.82, 2.24) is 0 Å². The van der Waals surface area contributed by atoms with Gasteiger partial charge in [0, 0.05) is 11.6 Å². The molecular formula is C17H12FNO5. The van der Waals surface area contributed by atoms with Gasteiger partial charge in [-0.15, -0.1) is 0 Å². The molecule has 0 N–H and O–H groups in total. The Morgan fingerprint density at radius 3 is 2.67 bits per heavy atom. The second kappa shape index (κ2) is 6.11. The summed E-state index contributed by atoms with van der Waals surface area (Å²) in [5.41, 5.74) is 0.747. The molecular weight excluding hydrogens is 317 g/mol. The first kappa shape index (κ1) is 15.7. The summed E-state index contributed by atoms with van der Waals surface area (Å²) >= 11 is 0. The van der Waals surface area contributed by atoms with Crippen molar-refractivity contribution in [3.63, 3.8) is 0 Å². The molecule has 1 aromatic carbocycles. The smallest absolute Gasteiger partial charge is 0.363 e. The zero-order valence-corrected chi connectivity index (χ0v) is 12.8. The number of aryl methyl sites for hydroxylation is 1. The number of methoxy groups -OCH3 is 1. The van der Waals surface area contributed by atoms with E-state index in [0.29, 0.717) is 11.3 Å². The first-order chi connectivity index (χ1) is 11.5. The molecule has 24 heavy (non-hydrogen) atoms. The Bertz CT molecular complexity index is 877. The number of esters is 2. The van der Waals surface area contributed by atoms with E-state index in [0.717, 1.165) is 0 Å². The standard InChI is InChI=1S/C17H12FNO5/c1-9-13(16(20)22-2)7-12(23-9)8-14-17(21)24-15(19-14)10-3-5-11(18)6-4-10/h3-8H,1-2H3. The molecule has 0 radical (unpaired) electrons. The maximum absolute atomic E-state index is 12.9. The van der Waals surface area contributed by atoms with Crippen LogP contribution >= 0.6 is 0 Å². The van der Waals surface area contributed by atoms with Gasteiger partial charge < -0.3 is 13.9 Å². The summed E-state index contributed by atoms with van der Waals surface area (Å²) in [5.74, 6) is -0.899. The Morgan fingerprint density at radius 1 is 1.29 bits per heavy atom. The lowest BCUT2D eigenvalue weighted by Gasteiger charge is -1.98. The molecule has 6 nitrogen and oxygen atoms in total. The molecule has 3 rings (SSSR count). The van der Waals surface area contributed by atoms with Gasteiger partial charge in [-0.1, -0.05) is 0 Å². The van der Waals surface area contributed by atoms with E-state index in [9.17, 15) is 14.0 Å². The summed E-state index contributed by atoms with van der Waals surface area (Å²) in [6.45, 7) is 1.61. The maximum Gasteiger partial charge on any atom is 0.363 e. The minimum atomic E-state index is -0.664. The number of cyclic esters (lactones) is 1.